The van der Waals surface area contributed by atoms with Gasteiger partial charge in [-0.3, -0.25) is 0 Å². The minimum absolute atomic E-state index is 0.271. The van der Waals surface area contributed by atoms with Gasteiger partial charge < -0.3 is 10.2 Å². The second kappa shape index (κ2) is 9.12. The Labute approximate surface area is 158 Å². The van der Waals surface area contributed by atoms with E-state index in [4.69, 9.17) is 0 Å². The molecule has 0 saturated carbocycles. The molecule has 26 heavy (non-hydrogen) atoms. The van der Waals surface area contributed by atoms with E-state index in [9.17, 15) is 10.2 Å². The van der Waals surface area contributed by atoms with Crippen molar-refractivity contribution >= 4 is 0 Å². The fourth-order valence-corrected chi connectivity index (χ4v) is 3.63. The highest BCUT2D eigenvalue weighted by Gasteiger charge is 2.16. The van der Waals surface area contributed by atoms with Gasteiger partial charge in [0.05, 0.1) is 0 Å². The molecule has 2 rings (SSSR count). The van der Waals surface area contributed by atoms with Crippen LogP contribution in [0.4, 0.5) is 0 Å². The Balaban J connectivity index is 2.65. The summed E-state index contributed by atoms with van der Waals surface area (Å²) in [5.41, 5.74) is 6.39. The fourth-order valence-electron chi connectivity index (χ4n) is 3.63. The Hall–Kier alpha value is -1.96. The lowest BCUT2D eigenvalue weighted by atomic mass is 9.89. The first kappa shape index (κ1) is 20.4. The van der Waals surface area contributed by atoms with Gasteiger partial charge in [-0.2, -0.15) is 0 Å². The van der Waals surface area contributed by atoms with Crippen molar-refractivity contribution in [2.75, 3.05) is 0 Å². The highest BCUT2D eigenvalue weighted by molar-refractivity contribution is 5.71. The summed E-state index contributed by atoms with van der Waals surface area (Å²) in [5, 5.41) is 21.3. The summed E-state index contributed by atoms with van der Waals surface area (Å²) < 4.78 is 0. The SMILES string of the molecule is CCCc1cc(-c2cc(CCC)c(O)c(C(C)C)c2)cc(CCC)c1O. The lowest BCUT2D eigenvalue weighted by Crippen LogP contribution is -1.97. The monoisotopic (exact) mass is 354 g/mol. The van der Waals surface area contributed by atoms with Crippen LogP contribution in [0.1, 0.15) is 82.1 Å². The maximum Gasteiger partial charge on any atom is 0.122 e. The number of aromatic hydroxyl groups is 2. The summed E-state index contributed by atoms with van der Waals surface area (Å²) in [6, 6.07) is 8.51. The molecule has 2 aromatic rings. The third-order valence-electron chi connectivity index (χ3n) is 5.00. The first-order valence-electron chi connectivity index (χ1n) is 10.1. The molecule has 0 radical (unpaired) electrons. The molecule has 2 aromatic carbocycles. The number of rotatable bonds is 8. The summed E-state index contributed by atoms with van der Waals surface area (Å²) in [6.45, 7) is 10.7. The highest BCUT2D eigenvalue weighted by Crippen LogP contribution is 2.37. The Morgan fingerprint density at radius 3 is 1.42 bits per heavy atom. The van der Waals surface area contributed by atoms with Crippen LogP contribution in [0.25, 0.3) is 11.1 Å². The lowest BCUT2D eigenvalue weighted by molar-refractivity contribution is 0.457. The Morgan fingerprint density at radius 2 is 1.04 bits per heavy atom. The van der Waals surface area contributed by atoms with Crippen LogP contribution in [-0.2, 0) is 19.3 Å². The second-order valence-corrected chi connectivity index (χ2v) is 7.62. The van der Waals surface area contributed by atoms with Gasteiger partial charge in [-0.15, -0.1) is 0 Å². The first-order valence-corrected chi connectivity index (χ1v) is 10.1. The largest absolute Gasteiger partial charge is 0.507 e. The van der Waals surface area contributed by atoms with Gasteiger partial charge in [0.1, 0.15) is 11.5 Å². The van der Waals surface area contributed by atoms with E-state index in [0.29, 0.717) is 11.5 Å². The average molecular weight is 355 g/mol. The minimum atomic E-state index is 0.271. The molecule has 2 heteroatoms. The van der Waals surface area contributed by atoms with E-state index in [2.05, 4.69) is 58.9 Å². The van der Waals surface area contributed by atoms with Crippen LogP contribution < -0.4 is 0 Å². The first-order chi connectivity index (χ1) is 12.4. The molecule has 0 aliphatic heterocycles. The molecular weight excluding hydrogens is 320 g/mol. The van der Waals surface area contributed by atoms with Crippen LogP contribution >= 0.6 is 0 Å². The summed E-state index contributed by atoms with van der Waals surface area (Å²) >= 11 is 0. The maximum atomic E-state index is 10.6. The van der Waals surface area contributed by atoms with E-state index in [-0.39, 0.29) is 5.92 Å². The zero-order chi connectivity index (χ0) is 19.3. The van der Waals surface area contributed by atoms with E-state index >= 15 is 0 Å². The number of phenolic OH excluding ortho intramolecular Hbond substituents is 2. The fraction of sp³-hybridized carbons (Fsp3) is 0.500. The molecule has 0 unspecified atom stereocenters. The van der Waals surface area contributed by atoms with E-state index < -0.39 is 0 Å². The molecule has 0 aliphatic carbocycles. The topological polar surface area (TPSA) is 40.5 Å². The molecule has 0 atom stereocenters. The zero-order valence-electron chi connectivity index (χ0n) is 17.0. The maximum absolute atomic E-state index is 10.6. The molecule has 0 fully saturated rings. The van der Waals surface area contributed by atoms with Crippen LogP contribution in [-0.4, -0.2) is 10.2 Å². The lowest BCUT2D eigenvalue weighted by Gasteiger charge is -2.17. The van der Waals surface area contributed by atoms with Crippen molar-refractivity contribution in [1.82, 2.24) is 0 Å². The normalized spacial score (nSPS) is 11.3. The van der Waals surface area contributed by atoms with Crippen molar-refractivity contribution in [3.05, 3.63) is 46.5 Å². The zero-order valence-corrected chi connectivity index (χ0v) is 17.0. The standard InChI is InChI=1S/C24H34O2/c1-6-9-17-12-20(13-18(10-7-2)23(17)25)21-14-19(11-8-3)24(26)22(15-21)16(4)5/h12-16,25-26H,6-11H2,1-5H3. The average Bonchev–Trinajstić information content (AvgIpc) is 2.60. The number of hydrogen-bond acceptors (Lipinski definition) is 2. The number of phenols is 2. The Morgan fingerprint density at radius 1 is 0.654 bits per heavy atom. The summed E-state index contributed by atoms with van der Waals surface area (Å²) in [6.07, 6.45) is 5.67. The molecule has 0 saturated heterocycles. The molecule has 2 N–H and O–H groups in total. The summed E-state index contributed by atoms with van der Waals surface area (Å²) in [5.74, 6) is 1.19. The third kappa shape index (κ3) is 4.41. The number of aryl methyl sites for hydroxylation is 3. The van der Waals surface area contributed by atoms with Crippen molar-refractivity contribution in [2.45, 2.75) is 79.1 Å². The number of hydrogen-bond donors (Lipinski definition) is 2. The van der Waals surface area contributed by atoms with Crippen LogP contribution in [0.5, 0.6) is 11.5 Å². The summed E-state index contributed by atoms with van der Waals surface area (Å²) in [7, 11) is 0. The molecule has 0 aliphatic rings. The quantitative estimate of drug-likeness (QED) is 0.550. The van der Waals surface area contributed by atoms with Gasteiger partial charge in [0.15, 0.2) is 0 Å². The van der Waals surface area contributed by atoms with E-state index in [0.717, 1.165) is 71.9 Å². The Kier molecular flexibility index (Phi) is 7.14. The highest BCUT2D eigenvalue weighted by atomic mass is 16.3. The second-order valence-electron chi connectivity index (χ2n) is 7.62. The van der Waals surface area contributed by atoms with Gasteiger partial charge >= 0.3 is 0 Å². The van der Waals surface area contributed by atoms with Gasteiger partial charge in [0.25, 0.3) is 0 Å². The van der Waals surface area contributed by atoms with Gasteiger partial charge in [-0.25, -0.2) is 0 Å². The predicted octanol–water partition coefficient (Wildman–Crippen LogP) is 6.75. The van der Waals surface area contributed by atoms with Crippen molar-refractivity contribution in [3.63, 3.8) is 0 Å². The van der Waals surface area contributed by atoms with Crippen molar-refractivity contribution in [1.29, 1.82) is 0 Å². The van der Waals surface area contributed by atoms with Crippen LogP contribution in [0.2, 0.25) is 0 Å². The molecule has 0 bridgehead atoms. The minimum Gasteiger partial charge on any atom is -0.507 e. The van der Waals surface area contributed by atoms with Crippen molar-refractivity contribution in [2.24, 2.45) is 0 Å². The van der Waals surface area contributed by atoms with Gasteiger partial charge in [0.2, 0.25) is 0 Å². The van der Waals surface area contributed by atoms with Crippen LogP contribution in [0, 0.1) is 0 Å². The molecule has 142 valence electrons. The van der Waals surface area contributed by atoms with Gasteiger partial charge in [0, 0.05) is 0 Å². The molecular formula is C24H34O2. The van der Waals surface area contributed by atoms with E-state index in [1.54, 1.807) is 0 Å². The van der Waals surface area contributed by atoms with Crippen molar-refractivity contribution < 1.29 is 10.2 Å². The molecule has 0 spiro atoms. The van der Waals surface area contributed by atoms with Gasteiger partial charge in [-0.05, 0) is 82.8 Å². The van der Waals surface area contributed by atoms with Crippen LogP contribution in [0.15, 0.2) is 24.3 Å². The molecule has 2 nitrogen and oxygen atoms in total. The van der Waals surface area contributed by atoms with Crippen LogP contribution in [0.3, 0.4) is 0 Å². The number of benzene rings is 2. The predicted molar refractivity (Wildman–Crippen MR) is 111 cm³/mol. The third-order valence-corrected chi connectivity index (χ3v) is 5.00. The summed E-state index contributed by atoms with van der Waals surface area (Å²) in [4.78, 5) is 0. The van der Waals surface area contributed by atoms with E-state index in [1.165, 1.54) is 0 Å². The Bertz CT molecular complexity index is 717. The molecule has 0 amide bonds. The smallest absolute Gasteiger partial charge is 0.122 e. The van der Waals surface area contributed by atoms with E-state index in [1.807, 2.05) is 0 Å². The molecule has 0 aromatic heterocycles. The van der Waals surface area contributed by atoms with Crippen molar-refractivity contribution in [3.8, 4) is 22.6 Å². The van der Waals surface area contributed by atoms with Gasteiger partial charge in [-0.1, -0.05) is 53.9 Å². The molecule has 0 heterocycles.